The molecule has 0 aliphatic rings. The van der Waals surface area contributed by atoms with Gasteiger partial charge in [-0.1, -0.05) is 54.6 Å². The molecule has 0 radical (unpaired) electrons. The first-order valence-corrected chi connectivity index (χ1v) is 9.47. The third-order valence-corrected chi connectivity index (χ3v) is 8.25. The van der Waals surface area contributed by atoms with Gasteiger partial charge >= 0.3 is 5.97 Å². The average Bonchev–Trinajstić information content (AvgIpc) is 2.62. The van der Waals surface area contributed by atoms with E-state index < -0.39 is 13.2 Å². The molecule has 3 rings (SSSR count). The fraction of sp³-hybridized carbons (Fsp3) is 0.0500. The molecule has 3 aromatic rings. The van der Waals surface area contributed by atoms with Gasteiger partial charge in [0.2, 0.25) is 0 Å². The average molecular weight is 428 g/mol. The standard InChI is InChI=1S/C20H17O2P.Pd/c21-20(22)16-23(17-10-4-1-5-11-17,18-12-6-2-7-13-18)19-14-8-3-9-15-19;/h1-15H,16H2;/p+1. The zero-order chi connectivity index (χ0) is 16.1. The SMILES string of the molecule is O=C(O)C[P+](c1ccccc1)(c1ccccc1)c1ccccc1.[Pd]. The van der Waals surface area contributed by atoms with Crippen molar-refractivity contribution < 1.29 is 30.3 Å². The second kappa shape index (κ2) is 8.36. The van der Waals surface area contributed by atoms with E-state index >= 15 is 0 Å². The molecule has 0 aromatic heterocycles. The molecule has 24 heavy (non-hydrogen) atoms. The largest absolute Gasteiger partial charge is 0.479 e. The van der Waals surface area contributed by atoms with Crippen LogP contribution in [0.3, 0.4) is 0 Å². The van der Waals surface area contributed by atoms with Crippen LogP contribution in [0.4, 0.5) is 0 Å². The Kier molecular flexibility index (Phi) is 6.46. The molecule has 0 fully saturated rings. The molecule has 0 heterocycles. The Hall–Kier alpha value is -1.78. The van der Waals surface area contributed by atoms with Crippen LogP contribution in [-0.2, 0) is 25.2 Å². The van der Waals surface area contributed by atoms with Crippen LogP contribution in [0.1, 0.15) is 0 Å². The molecule has 0 saturated heterocycles. The third kappa shape index (κ3) is 3.65. The normalized spacial score (nSPS) is 10.7. The van der Waals surface area contributed by atoms with E-state index in [2.05, 4.69) is 36.4 Å². The van der Waals surface area contributed by atoms with E-state index in [1.165, 1.54) is 0 Å². The summed E-state index contributed by atoms with van der Waals surface area (Å²) in [6.07, 6.45) is 0.116. The van der Waals surface area contributed by atoms with Gasteiger partial charge in [-0.15, -0.1) is 0 Å². The van der Waals surface area contributed by atoms with E-state index in [1.807, 2.05) is 54.6 Å². The van der Waals surface area contributed by atoms with E-state index in [0.29, 0.717) is 0 Å². The van der Waals surface area contributed by atoms with Crippen LogP contribution in [0.5, 0.6) is 0 Å². The zero-order valence-electron chi connectivity index (χ0n) is 13.0. The molecule has 0 aliphatic heterocycles. The van der Waals surface area contributed by atoms with Crippen molar-refractivity contribution in [2.75, 3.05) is 6.16 Å². The summed E-state index contributed by atoms with van der Waals surface area (Å²) in [5, 5.41) is 13.0. The first kappa shape index (κ1) is 18.6. The number of carboxylic acid groups (broad SMARTS) is 1. The molecular weight excluding hydrogens is 410 g/mol. The predicted molar refractivity (Wildman–Crippen MR) is 97.7 cm³/mol. The molecule has 124 valence electrons. The summed E-state index contributed by atoms with van der Waals surface area (Å²) in [5.41, 5.74) is 0. The minimum absolute atomic E-state index is 0. The summed E-state index contributed by atoms with van der Waals surface area (Å²) in [5.74, 6) is -0.769. The van der Waals surface area contributed by atoms with Gasteiger partial charge in [-0.2, -0.15) is 0 Å². The summed E-state index contributed by atoms with van der Waals surface area (Å²) < 4.78 is 0. The van der Waals surface area contributed by atoms with Gasteiger partial charge in [0.05, 0.1) is 0 Å². The molecule has 2 nitrogen and oxygen atoms in total. The Labute approximate surface area is 156 Å². The monoisotopic (exact) mass is 427 g/mol. The number of benzene rings is 3. The predicted octanol–water partition coefficient (Wildman–Crippen LogP) is 3.06. The Morgan fingerprint density at radius 1 is 0.667 bits per heavy atom. The number of carboxylic acids is 1. The molecule has 0 saturated carbocycles. The molecule has 0 spiro atoms. The summed E-state index contributed by atoms with van der Waals surface area (Å²) in [4.78, 5) is 11.8. The molecule has 0 bridgehead atoms. The quantitative estimate of drug-likeness (QED) is 0.502. The molecule has 0 atom stereocenters. The number of aliphatic carboxylic acids is 1. The van der Waals surface area contributed by atoms with Crippen LogP contribution >= 0.6 is 7.26 Å². The minimum Gasteiger partial charge on any atom is -0.479 e. The van der Waals surface area contributed by atoms with Gasteiger partial charge in [0.1, 0.15) is 23.2 Å². The molecule has 3 aromatic carbocycles. The number of hydrogen-bond donors (Lipinski definition) is 1. The van der Waals surface area contributed by atoms with E-state index in [1.54, 1.807) is 0 Å². The maximum Gasteiger partial charge on any atom is 0.342 e. The smallest absolute Gasteiger partial charge is 0.342 e. The fourth-order valence-corrected chi connectivity index (χ4v) is 6.86. The molecule has 4 heteroatoms. The Bertz CT molecular complexity index is 680. The Morgan fingerprint density at radius 2 is 0.958 bits per heavy atom. The first-order chi connectivity index (χ1) is 11.2. The van der Waals surface area contributed by atoms with E-state index in [-0.39, 0.29) is 26.6 Å². The summed E-state index contributed by atoms with van der Waals surface area (Å²) >= 11 is 0. The number of hydrogen-bond acceptors (Lipinski definition) is 1. The van der Waals surface area contributed by atoms with Gasteiger partial charge in [0, 0.05) is 20.4 Å². The third-order valence-electron chi connectivity index (χ3n) is 3.96. The van der Waals surface area contributed by atoms with Crippen molar-refractivity contribution in [3.05, 3.63) is 91.0 Å². The van der Waals surface area contributed by atoms with Crippen LogP contribution in [0.2, 0.25) is 0 Å². The maximum absolute atomic E-state index is 11.8. The van der Waals surface area contributed by atoms with Gasteiger partial charge in [0.15, 0.2) is 6.16 Å². The van der Waals surface area contributed by atoms with Crippen molar-refractivity contribution in [3.8, 4) is 0 Å². The molecule has 0 unspecified atom stereocenters. The topological polar surface area (TPSA) is 37.3 Å². The molecule has 1 N–H and O–H groups in total. The number of rotatable bonds is 5. The Morgan fingerprint density at radius 3 is 1.21 bits per heavy atom. The van der Waals surface area contributed by atoms with Crippen LogP contribution in [0, 0.1) is 0 Å². The van der Waals surface area contributed by atoms with Gasteiger partial charge in [0.25, 0.3) is 0 Å². The van der Waals surface area contributed by atoms with Crippen molar-refractivity contribution >= 4 is 29.1 Å². The first-order valence-electron chi connectivity index (χ1n) is 7.50. The molecular formula is C20H18O2PPd+. The van der Waals surface area contributed by atoms with Crippen LogP contribution in [0.15, 0.2) is 91.0 Å². The van der Waals surface area contributed by atoms with E-state index in [0.717, 1.165) is 15.9 Å². The van der Waals surface area contributed by atoms with Crippen molar-refractivity contribution in [1.29, 1.82) is 0 Å². The molecule has 0 aliphatic carbocycles. The summed E-state index contributed by atoms with van der Waals surface area (Å²) in [6.45, 7) is 0. The fourth-order valence-electron chi connectivity index (χ4n) is 2.97. The van der Waals surface area contributed by atoms with E-state index in [4.69, 9.17) is 0 Å². The van der Waals surface area contributed by atoms with Crippen LogP contribution in [0.25, 0.3) is 0 Å². The summed E-state index contributed by atoms with van der Waals surface area (Å²) in [6, 6.07) is 30.1. The number of carbonyl (C=O) groups is 1. The van der Waals surface area contributed by atoms with Gasteiger partial charge in [-0.25, -0.2) is 4.79 Å². The molecule has 0 amide bonds. The zero-order valence-corrected chi connectivity index (χ0v) is 15.4. The second-order valence-electron chi connectivity index (χ2n) is 5.37. The van der Waals surface area contributed by atoms with Crippen molar-refractivity contribution in [3.63, 3.8) is 0 Å². The van der Waals surface area contributed by atoms with Crippen molar-refractivity contribution in [1.82, 2.24) is 0 Å². The maximum atomic E-state index is 11.8. The second-order valence-corrected chi connectivity index (χ2v) is 8.85. The van der Waals surface area contributed by atoms with E-state index in [9.17, 15) is 9.90 Å². The Balaban J connectivity index is 0.00000208. The van der Waals surface area contributed by atoms with Crippen LogP contribution in [-0.4, -0.2) is 17.2 Å². The summed E-state index contributed by atoms with van der Waals surface area (Å²) in [7, 11) is -2.21. The van der Waals surface area contributed by atoms with Crippen molar-refractivity contribution in [2.45, 2.75) is 0 Å². The van der Waals surface area contributed by atoms with Gasteiger partial charge in [-0.3, -0.25) is 0 Å². The van der Waals surface area contributed by atoms with Crippen molar-refractivity contribution in [2.24, 2.45) is 0 Å². The van der Waals surface area contributed by atoms with Gasteiger partial charge in [-0.05, 0) is 36.4 Å². The van der Waals surface area contributed by atoms with Gasteiger partial charge < -0.3 is 5.11 Å². The van der Waals surface area contributed by atoms with Crippen LogP contribution < -0.4 is 15.9 Å². The minimum atomic E-state index is -2.21.